The Labute approximate surface area is 134 Å². The van der Waals surface area contributed by atoms with Crippen LogP contribution in [0.4, 0.5) is 0 Å². The van der Waals surface area contributed by atoms with Crippen molar-refractivity contribution in [2.75, 3.05) is 18.1 Å². The lowest BCUT2D eigenvalue weighted by Gasteiger charge is -2.20. The van der Waals surface area contributed by atoms with E-state index in [1.165, 1.54) is 0 Å². The van der Waals surface area contributed by atoms with Crippen molar-refractivity contribution in [2.45, 2.75) is 46.1 Å². The Morgan fingerprint density at radius 2 is 2.00 bits per heavy atom. The first kappa shape index (κ1) is 18.5. The van der Waals surface area contributed by atoms with Crippen molar-refractivity contribution in [1.82, 2.24) is 5.32 Å². The van der Waals surface area contributed by atoms with Crippen molar-refractivity contribution in [3.8, 4) is 0 Å². The average molecular weight is 332 g/mol. The van der Waals surface area contributed by atoms with E-state index in [9.17, 15) is 8.42 Å². The highest BCUT2D eigenvalue weighted by molar-refractivity contribution is 7.91. The van der Waals surface area contributed by atoms with Gasteiger partial charge in [0.1, 0.15) is 9.84 Å². The average Bonchev–Trinajstić information content (AvgIpc) is 2.43. The van der Waals surface area contributed by atoms with Crippen LogP contribution in [0.15, 0.2) is 18.2 Å². The van der Waals surface area contributed by atoms with Gasteiger partial charge < -0.3 is 5.32 Å². The number of halogens is 1. The highest BCUT2D eigenvalue weighted by Crippen LogP contribution is 2.27. The first-order chi connectivity index (χ1) is 9.89. The van der Waals surface area contributed by atoms with Gasteiger partial charge in [-0.15, -0.1) is 0 Å². The van der Waals surface area contributed by atoms with Gasteiger partial charge in [0.05, 0.1) is 5.75 Å². The Kier molecular flexibility index (Phi) is 7.71. The molecule has 0 aliphatic carbocycles. The highest BCUT2D eigenvalue weighted by Gasteiger charge is 2.16. The number of sulfone groups is 1. The molecule has 0 amide bonds. The topological polar surface area (TPSA) is 46.2 Å². The Morgan fingerprint density at radius 1 is 1.29 bits per heavy atom. The molecule has 3 nitrogen and oxygen atoms in total. The number of rotatable bonds is 9. The van der Waals surface area contributed by atoms with E-state index in [4.69, 9.17) is 11.6 Å². The Bertz CT molecular complexity index is 543. The van der Waals surface area contributed by atoms with Crippen molar-refractivity contribution in [2.24, 2.45) is 0 Å². The van der Waals surface area contributed by atoms with Crippen LogP contribution in [-0.2, 0) is 9.84 Å². The lowest BCUT2D eigenvalue weighted by Crippen LogP contribution is -2.23. The predicted octanol–water partition coefficient (Wildman–Crippen LogP) is 3.90. The third kappa shape index (κ3) is 6.37. The van der Waals surface area contributed by atoms with Gasteiger partial charge >= 0.3 is 0 Å². The van der Waals surface area contributed by atoms with Gasteiger partial charge in [0.15, 0.2) is 0 Å². The minimum absolute atomic E-state index is 0.116. The molecule has 0 aliphatic rings. The molecule has 0 saturated heterocycles. The van der Waals surface area contributed by atoms with E-state index in [2.05, 4.69) is 12.2 Å². The van der Waals surface area contributed by atoms with Gasteiger partial charge in [-0.2, -0.15) is 0 Å². The highest BCUT2D eigenvalue weighted by atomic mass is 35.5. The zero-order chi connectivity index (χ0) is 15.9. The molecule has 0 aliphatic heterocycles. The zero-order valence-electron chi connectivity index (χ0n) is 13.2. The van der Waals surface area contributed by atoms with Crippen molar-refractivity contribution < 1.29 is 8.42 Å². The predicted molar refractivity (Wildman–Crippen MR) is 90.8 cm³/mol. The summed E-state index contributed by atoms with van der Waals surface area (Å²) in [6, 6.07) is 6.16. The molecule has 0 heterocycles. The molecule has 21 heavy (non-hydrogen) atoms. The van der Waals surface area contributed by atoms with E-state index < -0.39 is 9.84 Å². The summed E-state index contributed by atoms with van der Waals surface area (Å²) in [6.45, 7) is 6.72. The SMILES string of the molecule is CCCNC(CCCS(=O)(=O)CC)c1ccc(C)cc1Cl. The van der Waals surface area contributed by atoms with E-state index in [-0.39, 0.29) is 17.5 Å². The fourth-order valence-electron chi connectivity index (χ4n) is 2.25. The van der Waals surface area contributed by atoms with Crippen LogP contribution < -0.4 is 5.32 Å². The Hall–Kier alpha value is -0.580. The maximum Gasteiger partial charge on any atom is 0.150 e. The van der Waals surface area contributed by atoms with Gasteiger partial charge in [0.25, 0.3) is 0 Å². The van der Waals surface area contributed by atoms with Crippen LogP contribution in [-0.4, -0.2) is 26.5 Å². The number of hydrogen-bond donors (Lipinski definition) is 1. The number of aryl methyl sites for hydroxylation is 1. The number of benzene rings is 1. The van der Waals surface area contributed by atoms with Crippen molar-refractivity contribution in [3.05, 3.63) is 34.3 Å². The van der Waals surface area contributed by atoms with Crippen LogP contribution in [0.2, 0.25) is 5.02 Å². The third-order valence-corrected chi connectivity index (χ3v) is 5.68. The summed E-state index contributed by atoms with van der Waals surface area (Å²) in [6.07, 6.45) is 2.47. The minimum Gasteiger partial charge on any atom is -0.310 e. The van der Waals surface area contributed by atoms with E-state index >= 15 is 0 Å². The quantitative estimate of drug-likeness (QED) is 0.746. The maximum absolute atomic E-state index is 11.6. The van der Waals surface area contributed by atoms with E-state index in [1.54, 1.807) is 6.92 Å². The molecule has 1 unspecified atom stereocenters. The minimum atomic E-state index is -2.90. The van der Waals surface area contributed by atoms with Crippen molar-refractivity contribution in [1.29, 1.82) is 0 Å². The second kappa shape index (κ2) is 8.76. The summed E-state index contributed by atoms with van der Waals surface area (Å²) in [7, 11) is -2.90. The van der Waals surface area contributed by atoms with Crippen molar-refractivity contribution in [3.63, 3.8) is 0 Å². The Morgan fingerprint density at radius 3 is 2.57 bits per heavy atom. The summed E-state index contributed by atoms with van der Waals surface area (Å²) < 4.78 is 23.2. The van der Waals surface area contributed by atoms with Crippen LogP contribution in [0, 0.1) is 6.92 Å². The standard InChI is InChI=1S/C16H26ClNO2S/c1-4-10-18-16(7-6-11-21(19,20)5-2)14-9-8-13(3)12-15(14)17/h8-9,12,16,18H,4-7,10-11H2,1-3H3. The van der Waals surface area contributed by atoms with E-state index in [0.717, 1.165) is 35.5 Å². The summed E-state index contributed by atoms with van der Waals surface area (Å²) in [5.74, 6) is 0.461. The number of hydrogen-bond acceptors (Lipinski definition) is 3. The van der Waals surface area contributed by atoms with Crippen LogP contribution in [0.25, 0.3) is 0 Å². The van der Waals surface area contributed by atoms with Crippen LogP contribution in [0.1, 0.15) is 50.3 Å². The van der Waals surface area contributed by atoms with E-state index in [0.29, 0.717) is 6.42 Å². The Balaban J connectivity index is 2.76. The lowest BCUT2D eigenvalue weighted by molar-refractivity contribution is 0.492. The fourth-order valence-corrected chi connectivity index (χ4v) is 3.51. The van der Waals surface area contributed by atoms with Crippen LogP contribution >= 0.6 is 11.6 Å². The van der Waals surface area contributed by atoms with Crippen LogP contribution in [0.3, 0.4) is 0 Å². The van der Waals surface area contributed by atoms with Gasteiger partial charge in [-0.3, -0.25) is 0 Å². The molecule has 0 bridgehead atoms. The summed E-state index contributed by atoms with van der Waals surface area (Å²) in [5.41, 5.74) is 2.19. The zero-order valence-corrected chi connectivity index (χ0v) is 14.7. The largest absolute Gasteiger partial charge is 0.310 e. The summed E-state index contributed by atoms with van der Waals surface area (Å²) in [5, 5.41) is 4.22. The number of nitrogens with one attached hydrogen (secondary N) is 1. The molecule has 0 spiro atoms. The second-order valence-corrected chi connectivity index (χ2v) is 8.29. The third-order valence-electron chi connectivity index (χ3n) is 3.56. The molecular weight excluding hydrogens is 306 g/mol. The van der Waals surface area contributed by atoms with Gasteiger partial charge in [0, 0.05) is 16.8 Å². The fraction of sp³-hybridized carbons (Fsp3) is 0.625. The van der Waals surface area contributed by atoms with Crippen molar-refractivity contribution >= 4 is 21.4 Å². The molecule has 1 aromatic carbocycles. The van der Waals surface area contributed by atoms with Gasteiger partial charge in [-0.1, -0.05) is 37.6 Å². The first-order valence-corrected chi connectivity index (χ1v) is 9.79. The molecule has 1 aromatic rings. The maximum atomic E-state index is 11.6. The lowest BCUT2D eigenvalue weighted by atomic mass is 10.0. The molecule has 120 valence electrons. The molecule has 0 radical (unpaired) electrons. The molecular formula is C16H26ClNO2S. The molecule has 0 saturated carbocycles. The smallest absolute Gasteiger partial charge is 0.150 e. The molecule has 0 fully saturated rings. The molecule has 1 rings (SSSR count). The molecule has 0 aromatic heterocycles. The molecule has 5 heteroatoms. The van der Waals surface area contributed by atoms with Gasteiger partial charge in [0.2, 0.25) is 0 Å². The monoisotopic (exact) mass is 331 g/mol. The van der Waals surface area contributed by atoms with E-state index in [1.807, 2.05) is 25.1 Å². The van der Waals surface area contributed by atoms with Gasteiger partial charge in [-0.05, 0) is 49.9 Å². The first-order valence-electron chi connectivity index (χ1n) is 7.59. The summed E-state index contributed by atoms with van der Waals surface area (Å²) >= 11 is 6.34. The second-order valence-electron chi connectivity index (χ2n) is 5.41. The summed E-state index contributed by atoms with van der Waals surface area (Å²) in [4.78, 5) is 0. The normalized spacial score (nSPS) is 13.3. The van der Waals surface area contributed by atoms with Gasteiger partial charge in [-0.25, -0.2) is 8.42 Å². The molecule has 1 atom stereocenters. The van der Waals surface area contributed by atoms with Crippen LogP contribution in [0.5, 0.6) is 0 Å². The molecule has 1 N–H and O–H groups in total.